The number of esters is 1. The van der Waals surface area contributed by atoms with Gasteiger partial charge in [-0.05, 0) is 49.2 Å². The maximum atomic E-state index is 12.7. The van der Waals surface area contributed by atoms with E-state index >= 15 is 0 Å². The third kappa shape index (κ3) is 5.61. The van der Waals surface area contributed by atoms with Gasteiger partial charge in [0.1, 0.15) is 5.02 Å². The number of halogens is 1. The van der Waals surface area contributed by atoms with Crippen molar-refractivity contribution in [1.29, 1.82) is 0 Å². The minimum atomic E-state index is -3.58. The molecule has 0 saturated carbocycles. The summed E-state index contributed by atoms with van der Waals surface area (Å²) >= 11 is 5.70. The summed E-state index contributed by atoms with van der Waals surface area (Å²) in [7, 11) is -3.58. The van der Waals surface area contributed by atoms with E-state index in [1.807, 2.05) is 0 Å². The summed E-state index contributed by atoms with van der Waals surface area (Å²) in [4.78, 5) is 34.4. The van der Waals surface area contributed by atoms with Crippen molar-refractivity contribution >= 4 is 44.9 Å². The van der Waals surface area contributed by atoms with E-state index < -0.39 is 39.1 Å². The third-order valence-corrected chi connectivity index (χ3v) is 7.04. The third-order valence-electron chi connectivity index (χ3n) is 4.80. The number of carbonyl (C=O) groups excluding carboxylic acids is 2. The number of hydrogen-bond donors (Lipinski definition) is 1. The van der Waals surface area contributed by atoms with Crippen molar-refractivity contribution in [3.05, 3.63) is 63.2 Å². The molecule has 1 heterocycles. The molecule has 2 aromatic rings. The van der Waals surface area contributed by atoms with E-state index in [0.29, 0.717) is 18.8 Å². The van der Waals surface area contributed by atoms with Crippen LogP contribution in [0, 0.1) is 10.1 Å². The van der Waals surface area contributed by atoms with Gasteiger partial charge in [0, 0.05) is 24.8 Å². The topological polar surface area (TPSA) is 136 Å². The Labute approximate surface area is 189 Å². The maximum Gasteiger partial charge on any atom is 0.338 e. The molecule has 1 aliphatic rings. The second-order valence-electron chi connectivity index (χ2n) is 7.04. The van der Waals surface area contributed by atoms with E-state index in [1.54, 1.807) is 0 Å². The van der Waals surface area contributed by atoms with Gasteiger partial charge in [-0.15, -0.1) is 0 Å². The number of amides is 1. The Morgan fingerprint density at radius 3 is 2.38 bits per heavy atom. The molecule has 1 amide bonds. The molecule has 1 saturated heterocycles. The summed E-state index contributed by atoms with van der Waals surface area (Å²) in [6.07, 6.45) is 2.67. The van der Waals surface area contributed by atoms with Crippen LogP contribution >= 0.6 is 11.6 Å². The van der Waals surface area contributed by atoms with Crippen LogP contribution in [-0.4, -0.2) is 49.2 Å². The number of nitro benzene ring substituents is 1. The van der Waals surface area contributed by atoms with Crippen molar-refractivity contribution in [3.8, 4) is 0 Å². The Morgan fingerprint density at radius 2 is 1.75 bits per heavy atom. The van der Waals surface area contributed by atoms with Gasteiger partial charge in [0.25, 0.3) is 11.6 Å². The first kappa shape index (κ1) is 23.6. The van der Waals surface area contributed by atoms with Crippen LogP contribution in [0.2, 0.25) is 5.02 Å². The van der Waals surface area contributed by atoms with E-state index in [9.17, 15) is 28.1 Å². The standard InChI is InChI=1S/C20H20ClN3O7S/c21-17-9-4-14(12-18(17)24(27)28)20(26)31-13-19(25)22-15-5-7-16(8-6-15)32(29,30)23-10-2-1-3-11-23/h4-9,12H,1-3,10-11,13H2,(H,22,25). The SMILES string of the molecule is O=C(COC(=O)c1ccc(Cl)c([N+](=O)[O-])c1)Nc1ccc(S(=O)(=O)N2CCCCC2)cc1. The number of carbonyl (C=O) groups is 2. The van der Waals surface area contributed by atoms with Crippen LogP contribution in [0.15, 0.2) is 47.4 Å². The van der Waals surface area contributed by atoms with Crippen LogP contribution in [0.1, 0.15) is 29.6 Å². The lowest BCUT2D eigenvalue weighted by atomic mass is 10.2. The van der Waals surface area contributed by atoms with E-state index in [2.05, 4.69) is 5.32 Å². The molecule has 0 bridgehead atoms. The van der Waals surface area contributed by atoms with Crippen molar-refractivity contribution in [2.75, 3.05) is 25.0 Å². The zero-order chi connectivity index (χ0) is 23.3. The molecule has 0 radical (unpaired) electrons. The number of hydrogen-bond acceptors (Lipinski definition) is 7. The Hall–Kier alpha value is -3.02. The molecule has 1 aliphatic heterocycles. The van der Waals surface area contributed by atoms with Crippen molar-refractivity contribution in [2.45, 2.75) is 24.2 Å². The lowest BCUT2D eigenvalue weighted by Gasteiger charge is -2.25. The number of sulfonamides is 1. The largest absolute Gasteiger partial charge is 0.452 e. The van der Waals surface area contributed by atoms with Gasteiger partial charge in [-0.1, -0.05) is 18.0 Å². The van der Waals surface area contributed by atoms with E-state index in [1.165, 1.54) is 40.7 Å². The summed E-state index contributed by atoms with van der Waals surface area (Å²) in [5, 5.41) is 13.3. The number of nitrogens with zero attached hydrogens (tertiary/aromatic N) is 2. The number of nitrogens with one attached hydrogen (secondary N) is 1. The smallest absolute Gasteiger partial charge is 0.338 e. The highest BCUT2D eigenvalue weighted by atomic mass is 35.5. The summed E-state index contributed by atoms with van der Waals surface area (Å²) < 4.78 is 31.6. The van der Waals surface area contributed by atoms with Crippen LogP contribution in [-0.2, 0) is 19.6 Å². The highest BCUT2D eigenvalue weighted by molar-refractivity contribution is 7.89. The Morgan fingerprint density at radius 1 is 1.09 bits per heavy atom. The van der Waals surface area contributed by atoms with Gasteiger partial charge in [-0.25, -0.2) is 13.2 Å². The van der Waals surface area contributed by atoms with Gasteiger partial charge in [0.2, 0.25) is 10.0 Å². The molecule has 3 rings (SSSR count). The summed E-state index contributed by atoms with van der Waals surface area (Å²) in [5.41, 5.74) is -0.253. The minimum absolute atomic E-state index is 0.124. The second-order valence-corrected chi connectivity index (χ2v) is 9.38. The molecule has 170 valence electrons. The molecule has 10 nitrogen and oxygen atoms in total. The van der Waals surface area contributed by atoms with Crippen LogP contribution in [0.25, 0.3) is 0 Å². The Balaban J connectivity index is 1.57. The van der Waals surface area contributed by atoms with Crippen molar-refractivity contribution < 1.29 is 27.7 Å². The minimum Gasteiger partial charge on any atom is -0.452 e. The zero-order valence-corrected chi connectivity index (χ0v) is 18.4. The molecule has 0 atom stereocenters. The molecule has 32 heavy (non-hydrogen) atoms. The lowest BCUT2D eigenvalue weighted by Crippen LogP contribution is -2.35. The highest BCUT2D eigenvalue weighted by Crippen LogP contribution is 2.25. The molecular weight excluding hydrogens is 462 g/mol. The fourth-order valence-electron chi connectivity index (χ4n) is 3.16. The van der Waals surface area contributed by atoms with E-state index in [4.69, 9.17) is 16.3 Å². The summed E-state index contributed by atoms with van der Waals surface area (Å²) in [5.74, 6) is -1.59. The number of nitro groups is 1. The van der Waals surface area contributed by atoms with E-state index in [-0.39, 0.29) is 15.5 Å². The molecule has 0 aromatic heterocycles. The molecule has 0 unspecified atom stereocenters. The van der Waals surface area contributed by atoms with Crippen LogP contribution < -0.4 is 5.32 Å². The van der Waals surface area contributed by atoms with Crippen molar-refractivity contribution in [1.82, 2.24) is 4.31 Å². The normalized spacial score (nSPS) is 14.5. The van der Waals surface area contributed by atoms with Crippen molar-refractivity contribution in [2.24, 2.45) is 0 Å². The van der Waals surface area contributed by atoms with Gasteiger partial charge in [0.05, 0.1) is 15.4 Å². The number of piperidine rings is 1. The van der Waals surface area contributed by atoms with Crippen LogP contribution in [0.4, 0.5) is 11.4 Å². The molecular formula is C20H20ClN3O7S. The average Bonchev–Trinajstić information content (AvgIpc) is 2.78. The molecule has 12 heteroatoms. The second kappa shape index (κ2) is 10.1. The number of anilines is 1. The molecule has 0 aliphatic carbocycles. The van der Waals surface area contributed by atoms with Gasteiger partial charge < -0.3 is 10.1 Å². The number of ether oxygens (including phenoxy) is 1. The molecule has 1 fully saturated rings. The average molecular weight is 482 g/mol. The lowest BCUT2D eigenvalue weighted by molar-refractivity contribution is -0.384. The van der Waals surface area contributed by atoms with Crippen LogP contribution in [0.5, 0.6) is 0 Å². The van der Waals surface area contributed by atoms with Gasteiger partial charge in [0.15, 0.2) is 6.61 Å². The fraction of sp³-hybridized carbons (Fsp3) is 0.300. The van der Waals surface area contributed by atoms with Gasteiger partial charge >= 0.3 is 5.97 Å². The monoisotopic (exact) mass is 481 g/mol. The highest BCUT2D eigenvalue weighted by Gasteiger charge is 2.25. The number of benzene rings is 2. The van der Waals surface area contributed by atoms with Crippen molar-refractivity contribution in [3.63, 3.8) is 0 Å². The van der Waals surface area contributed by atoms with Crippen LogP contribution in [0.3, 0.4) is 0 Å². The molecule has 1 N–H and O–H groups in total. The first-order valence-electron chi connectivity index (χ1n) is 9.69. The predicted octanol–water partition coefficient (Wildman–Crippen LogP) is 3.22. The number of rotatable bonds is 7. The quantitative estimate of drug-likeness (QED) is 0.364. The van der Waals surface area contributed by atoms with E-state index in [0.717, 1.165) is 25.3 Å². The summed E-state index contributed by atoms with van der Waals surface area (Å²) in [6.45, 7) is 0.342. The summed E-state index contributed by atoms with van der Waals surface area (Å²) in [6, 6.07) is 9.09. The van der Waals surface area contributed by atoms with Gasteiger partial charge in [-0.2, -0.15) is 4.31 Å². The first-order valence-corrected chi connectivity index (χ1v) is 11.5. The Kier molecular flexibility index (Phi) is 7.44. The molecule has 2 aromatic carbocycles. The first-order chi connectivity index (χ1) is 15.2. The fourth-order valence-corrected chi connectivity index (χ4v) is 4.86. The molecule has 0 spiro atoms. The Bertz CT molecular complexity index is 1130. The predicted molar refractivity (Wildman–Crippen MR) is 116 cm³/mol. The van der Waals surface area contributed by atoms with Gasteiger partial charge in [-0.3, -0.25) is 14.9 Å². The maximum absolute atomic E-state index is 12.7. The zero-order valence-electron chi connectivity index (χ0n) is 16.8.